The molecule has 4 fully saturated rings. The second-order valence-corrected chi connectivity index (χ2v) is 24.4. The summed E-state index contributed by atoms with van der Waals surface area (Å²) >= 11 is 0. The predicted molar refractivity (Wildman–Crippen MR) is 283 cm³/mol. The standard InChI is InChI=1S/2C27H37N3O7S/c2*1-18(2)15-30(38(33,34)21-10-8-20(28)9-11-21)16-24(31)23(14-19-6-4-3-5-7-19)29-27(32)37-25-17-36-26-22(25)12-13-35-26/h2*3-11,18,22-26,31H,12-17,28H2,1-2H3,(H,29,32)/t2*22-,23-,24+,25-,26+/m00/s1. The Kier molecular flexibility index (Phi) is 20.5. The van der Waals surface area contributed by atoms with Crippen molar-refractivity contribution in [3.63, 3.8) is 0 Å². The Morgan fingerprint density at radius 2 is 0.921 bits per heavy atom. The number of sulfonamides is 2. The first-order chi connectivity index (χ1) is 36.3. The topological polar surface area (TPSA) is 281 Å². The molecular weight excluding hydrogens is 1020 g/mol. The van der Waals surface area contributed by atoms with Gasteiger partial charge in [0.25, 0.3) is 0 Å². The molecule has 4 heterocycles. The number of ether oxygens (including phenoxy) is 6. The van der Waals surface area contributed by atoms with Crippen LogP contribution < -0.4 is 22.1 Å². The average Bonchev–Trinajstić information content (AvgIpc) is 4.20. The molecule has 10 atom stereocenters. The molecule has 8 rings (SSSR count). The molecule has 4 saturated heterocycles. The number of alkyl carbamates (subject to hydrolysis) is 2. The van der Waals surface area contributed by atoms with Gasteiger partial charge in [0.05, 0.1) is 72.3 Å². The van der Waals surface area contributed by atoms with Gasteiger partial charge in [0.2, 0.25) is 20.0 Å². The van der Waals surface area contributed by atoms with E-state index in [0.29, 0.717) is 24.6 Å². The van der Waals surface area contributed by atoms with Gasteiger partial charge in [-0.05, 0) is 97.2 Å². The van der Waals surface area contributed by atoms with Gasteiger partial charge in [-0.25, -0.2) is 26.4 Å². The first-order valence-electron chi connectivity index (χ1n) is 25.8. The van der Waals surface area contributed by atoms with Gasteiger partial charge in [-0.3, -0.25) is 0 Å². The molecule has 2 amide bonds. The number of nitrogen functional groups attached to an aromatic ring is 2. The lowest BCUT2D eigenvalue weighted by Crippen LogP contribution is -2.51. The molecule has 4 aliphatic heterocycles. The third kappa shape index (κ3) is 15.9. The summed E-state index contributed by atoms with van der Waals surface area (Å²) in [6.45, 7) is 9.16. The lowest BCUT2D eigenvalue weighted by molar-refractivity contribution is -0.0909. The van der Waals surface area contributed by atoms with Gasteiger partial charge >= 0.3 is 12.2 Å². The average molecular weight is 1100 g/mol. The van der Waals surface area contributed by atoms with E-state index in [9.17, 15) is 36.6 Å². The summed E-state index contributed by atoms with van der Waals surface area (Å²) in [5.41, 5.74) is 14.1. The van der Waals surface area contributed by atoms with E-state index in [4.69, 9.17) is 39.9 Å². The number of benzene rings is 4. The lowest BCUT2D eigenvalue weighted by Gasteiger charge is -2.31. The van der Waals surface area contributed by atoms with Crippen LogP contribution in [0.1, 0.15) is 51.7 Å². The number of hydrogen-bond donors (Lipinski definition) is 6. The number of nitrogens with zero attached hydrogens (tertiary/aromatic N) is 2. The highest BCUT2D eigenvalue weighted by molar-refractivity contribution is 7.89. The zero-order chi connectivity index (χ0) is 54.6. The van der Waals surface area contributed by atoms with Gasteiger partial charge in [-0.1, -0.05) is 88.4 Å². The zero-order valence-corrected chi connectivity index (χ0v) is 45.1. The maximum absolute atomic E-state index is 13.5. The minimum Gasteiger partial charge on any atom is -0.443 e. The second kappa shape index (κ2) is 26.8. The van der Waals surface area contributed by atoms with Crippen molar-refractivity contribution >= 4 is 43.6 Å². The van der Waals surface area contributed by atoms with Crippen LogP contribution in [0.25, 0.3) is 0 Å². The van der Waals surface area contributed by atoms with Gasteiger partial charge < -0.3 is 60.7 Å². The highest BCUT2D eigenvalue weighted by atomic mass is 32.2. The van der Waals surface area contributed by atoms with Gasteiger partial charge in [0, 0.05) is 37.6 Å². The van der Waals surface area contributed by atoms with Gasteiger partial charge in [0.15, 0.2) is 12.6 Å². The fourth-order valence-electron chi connectivity index (χ4n) is 9.65. The highest BCUT2D eigenvalue weighted by Gasteiger charge is 2.45. The van der Waals surface area contributed by atoms with Crippen molar-refractivity contribution in [3.8, 4) is 0 Å². The number of amides is 2. The Morgan fingerprint density at radius 3 is 1.26 bits per heavy atom. The number of anilines is 2. The molecule has 0 saturated carbocycles. The molecule has 8 N–H and O–H groups in total. The van der Waals surface area contributed by atoms with Crippen molar-refractivity contribution in [2.45, 2.75) is 112 Å². The van der Waals surface area contributed by atoms with E-state index in [1.807, 2.05) is 88.4 Å². The summed E-state index contributed by atoms with van der Waals surface area (Å²) in [5, 5.41) is 28.2. The van der Waals surface area contributed by atoms with Crippen LogP contribution in [0.4, 0.5) is 21.0 Å². The molecule has 0 aromatic heterocycles. The molecule has 4 aromatic rings. The summed E-state index contributed by atoms with van der Waals surface area (Å²) < 4.78 is 89.9. The number of rotatable bonds is 22. The summed E-state index contributed by atoms with van der Waals surface area (Å²) in [7, 11) is -7.86. The van der Waals surface area contributed by atoms with Crippen molar-refractivity contribution in [1.82, 2.24) is 19.2 Å². The van der Waals surface area contributed by atoms with Crippen LogP contribution in [-0.2, 0) is 61.3 Å². The molecule has 20 nitrogen and oxygen atoms in total. The Labute approximate surface area is 446 Å². The number of aliphatic hydroxyl groups is 2. The molecule has 4 aromatic carbocycles. The summed E-state index contributed by atoms with van der Waals surface area (Å²) in [6, 6.07) is 29.0. The Balaban J connectivity index is 0.000000221. The Bertz CT molecular complexity index is 2510. The quantitative estimate of drug-likeness (QED) is 0.0579. The van der Waals surface area contributed by atoms with Gasteiger partial charge in [0.1, 0.15) is 12.2 Å². The van der Waals surface area contributed by atoms with E-state index < -0.39 is 68.7 Å². The van der Waals surface area contributed by atoms with E-state index in [2.05, 4.69) is 10.6 Å². The number of aliphatic hydroxyl groups excluding tert-OH is 2. The monoisotopic (exact) mass is 1090 g/mol. The minimum absolute atomic E-state index is 0.000183. The molecule has 0 bridgehead atoms. The van der Waals surface area contributed by atoms with E-state index in [0.717, 1.165) is 24.0 Å². The maximum Gasteiger partial charge on any atom is 0.407 e. The largest absolute Gasteiger partial charge is 0.443 e. The second-order valence-electron chi connectivity index (χ2n) is 20.5. The number of carbonyl (C=O) groups is 2. The van der Waals surface area contributed by atoms with Crippen molar-refractivity contribution in [3.05, 3.63) is 120 Å². The molecular formula is C54H74N6O14S2. The zero-order valence-electron chi connectivity index (χ0n) is 43.5. The molecule has 0 aliphatic carbocycles. The van der Waals surface area contributed by atoms with E-state index in [1.165, 1.54) is 57.1 Å². The number of hydrogen-bond acceptors (Lipinski definition) is 16. The van der Waals surface area contributed by atoms with Crippen LogP contribution in [0.5, 0.6) is 0 Å². The summed E-state index contributed by atoms with van der Waals surface area (Å²) in [5.74, 6) is -0.0462. The fraction of sp³-hybridized carbons (Fsp3) is 0.519. The van der Waals surface area contributed by atoms with Crippen LogP contribution in [0.2, 0.25) is 0 Å². The van der Waals surface area contributed by atoms with E-state index >= 15 is 0 Å². The first kappa shape index (κ1) is 58.3. The van der Waals surface area contributed by atoms with Crippen LogP contribution in [0.3, 0.4) is 0 Å². The smallest absolute Gasteiger partial charge is 0.407 e. The Hall–Kier alpha value is -5.40. The van der Waals surface area contributed by atoms with Crippen molar-refractivity contribution in [1.29, 1.82) is 0 Å². The van der Waals surface area contributed by atoms with Crippen LogP contribution in [0.15, 0.2) is 119 Å². The Morgan fingerprint density at radius 1 is 0.566 bits per heavy atom. The van der Waals surface area contributed by atoms with Gasteiger partial charge in [-0.2, -0.15) is 8.61 Å². The number of carbonyl (C=O) groups excluding carboxylic acids is 2. The van der Waals surface area contributed by atoms with Crippen LogP contribution >= 0.6 is 0 Å². The molecule has 416 valence electrons. The summed E-state index contributed by atoms with van der Waals surface area (Å²) in [6.07, 6.45) is -3.37. The van der Waals surface area contributed by atoms with Crippen molar-refractivity contribution in [2.75, 3.05) is 64.1 Å². The van der Waals surface area contributed by atoms with E-state index in [-0.39, 0.29) is 98.3 Å². The van der Waals surface area contributed by atoms with Gasteiger partial charge in [-0.15, -0.1) is 0 Å². The van der Waals surface area contributed by atoms with Crippen molar-refractivity contribution in [2.24, 2.45) is 23.7 Å². The molecule has 0 unspecified atom stereocenters. The molecule has 4 aliphatic rings. The SMILES string of the molecule is CC(C)CN(C[C@@H](O)[C@H](Cc1ccccc1)NC(=O)O[C@H]1CO[C@H]2OCC[C@H]21)S(=O)(=O)c1ccc(N)cc1.CC(C)CN(C[C@@H](O)[C@H](Cc1ccccc1)NC(=O)O[C@H]1CO[C@H]2OCC[C@H]21)S(=O)(=O)c1ccc(N)cc1. The lowest BCUT2D eigenvalue weighted by atomic mass is 10.0. The van der Waals surface area contributed by atoms with Crippen molar-refractivity contribution < 1.29 is 65.1 Å². The number of nitrogens with two attached hydrogens (primary N) is 2. The van der Waals surface area contributed by atoms with Crippen LogP contribution in [0, 0.1) is 23.7 Å². The number of nitrogens with one attached hydrogen (secondary N) is 2. The van der Waals surface area contributed by atoms with Crippen LogP contribution in [-0.4, -0.2) is 150 Å². The van der Waals surface area contributed by atoms with E-state index in [1.54, 1.807) is 0 Å². The highest BCUT2D eigenvalue weighted by Crippen LogP contribution is 2.34. The molecule has 0 radical (unpaired) electrons. The molecule has 22 heteroatoms. The third-order valence-electron chi connectivity index (χ3n) is 13.6. The third-order valence-corrected chi connectivity index (χ3v) is 17.3. The molecule has 76 heavy (non-hydrogen) atoms. The molecule has 0 spiro atoms. The fourth-order valence-corrected chi connectivity index (χ4v) is 12.9. The maximum atomic E-state index is 13.5. The normalized spacial score (nSPS) is 22.8. The summed E-state index contributed by atoms with van der Waals surface area (Å²) in [4.78, 5) is 26.0. The predicted octanol–water partition coefficient (Wildman–Crippen LogP) is 4.75. The number of fused-ring (bicyclic) bond motifs is 2. The minimum atomic E-state index is -3.93. The first-order valence-corrected chi connectivity index (χ1v) is 28.7.